The van der Waals surface area contributed by atoms with E-state index in [1.165, 1.54) is 0 Å². The van der Waals surface area contributed by atoms with Crippen LogP contribution in [0.4, 0.5) is 10.5 Å². The highest BCUT2D eigenvalue weighted by Gasteiger charge is 2.56. The fourth-order valence-electron chi connectivity index (χ4n) is 4.79. The van der Waals surface area contributed by atoms with E-state index in [0.29, 0.717) is 30.9 Å². The van der Waals surface area contributed by atoms with Crippen molar-refractivity contribution < 1.29 is 14.4 Å². The number of nitrogens with one attached hydrogen (secondary N) is 2. The third-order valence-corrected chi connectivity index (χ3v) is 5.45. The molecule has 3 rings (SSSR count). The molecule has 0 radical (unpaired) electrons. The molecule has 1 aromatic carbocycles. The topological polar surface area (TPSA) is 102 Å². The van der Waals surface area contributed by atoms with Gasteiger partial charge >= 0.3 is 6.03 Å². The lowest BCUT2D eigenvalue weighted by Gasteiger charge is -2.43. The minimum absolute atomic E-state index is 0.0515. The summed E-state index contributed by atoms with van der Waals surface area (Å²) in [5, 5.41) is 14.3. The molecule has 28 heavy (non-hydrogen) atoms. The zero-order valence-electron chi connectivity index (χ0n) is 16.5. The van der Waals surface area contributed by atoms with Crippen LogP contribution in [0.3, 0.4) is 0 Å². The molecule has 1 saturated heterocycles. The molecule has 7 nitrogen and oxygen atoms in total. The van der Waals surface area contributed by atoms with Gasteiger partial charge in [-0.05, 0) is 48.3 Å². The normalized spacial score (nSPS) is 26.1. The first-order valence-corrected chi connectivity index (χ1v) is 9.54. The predicted octanol–water partition coefficient (Wildman–Crippen LogP) is 2.83. The van der Waals surface area contributed by atoms with Gasteiger partial charge in [0.15, 0.2) is 0 Å². The molecule has 1 aromatic rings. The Labute approximate surface area is 165 Å². The highest BCUT2D eigenvalue weighted by atomic mass is 16.2. The average Bonchev–Trinajstić information content (AvgIpc) is 2.78. The summed E-state index contributed by atoms with van der Waals surface area (Å²) >= 11 is 0. The Morgan fingerprint density at radius 1 is 1.29 bits per heavy atom. The summed E-state index contributed by atoms with van der Waals surface area (Å²) in [6, 6.07) is 8.47. The fraction of sp³-hybridized carbons (Fsp3) is 0.524. The number of benzene rings is 1. The molecule has 1 heterocycles. The number of carbonyl (C=O) groups is 3. The zero-order valence-corrected chi connectivity index (χ0v) is 16.5. The van der Waals surface area contributed by atoms with Gasteiger partial charge in [0, 0.05) is 5.69 Å². The molecule has 2 fully saturated rings. The summed E-state index contributed by atoms with van der Waals surface area (Å²) in [7, 11) is 0. The number of amides is 4. The van der Waals surface area contributed by atoms with Crippen molar-refractivity contribution in [3.63, 3.8) is 0 Å². The highest BCUT2D eigenvalue weighted by molar-refractivity contribution is 6.10. The number of anilines is 1. The van der Waals surface area contributed by atoms with Crippen molar-refractivity contribution in [2.45, 2.75) is 52.0 Å². The average molecular weight is 382 g/mol. The van der Waals surface area contributed by atoms with Crippen molar-refractivity contribution in [2.24, 2.45) is 11.3 Å². The van der Waals surface area contributed by atoms with Gasteiger partial charge in [-0.15, -0.1) is 0 Å². The number of rotatable bonds is 4. The Bertz CT molecular complexity index is 840. The second-order valence-electron chi connectivity index (χ2n) is 8.84. The Morgan fingerprint density at radius 3 is 2.57 bits per heavy atom. The molecule has 0 aromatic heterocycles. The van der Waals surface area contributed by atoms with Gasteiger partial charge in [-0.25, -0.2) is 4.79 Å². The summed E-state index contributed by atoms with van der Waals surface area (Å²) in [5.41, 5.74) is 0.452. The molecule has 2 unspecified atom stereocenters. The van der Waals surface area contributed by atoms with E-state index in [0.717, 1.165) is 16.9 Å². The van der Waals surface area contributed by atoms with Crippen LogP contribution in [0.1, 0.15) is 45.6 Å². The van der Waals surface area contributed by atoms with Gasteiger partial charge in [0.05, 0.1) is 12.5 Å². The lowest BCUT2D eigenvalue weighted by atomic mass is 9.64. The molecule has 1 spiro atoms. The molecule has 1 aliphatic carbocycles. The van der Waals surface area contributed by atoms with Gasteiger partial charge < -0.3 is 10.6 Å². The summed E-state index contributed by atoms with van der Waals surface area (Å²) in [6.07, 6.45) is 2.47. The lowest BCUT2D eigenvalue weighted by Crippen LogP contribution is -2.54. The van der Waals surface area contributed by atoms with Crippen LogP contribution in [0.2, 0.25) is 0 Å². The summed E-state index contributed by atoms with van der Waals surface area (Å²) in [6.45, 7) is 5.99. The molecule has 0 bridgehead atoms. The lowest BCUT2D eigenvalue weighted by molar-refractivity contribution is -0.136. The van der Waals surface area contributed by atoms with E-state index in [1.54, 1.807) is 24.3 Å². The van der Waals surface area contributed by atoms with Gasteiger partial charge in [-0.3, -0.25) is 14.5 Å². The molecule has 7 heteroatoms. The van der Waals surface area contributed by atoms with Crippen LogP contribution >= 0.6 is 0 Å². The van der Waals surface area contributed by atoms with Crippen LogP contribution in [-0.4, -0.2) is 34.8 Å². The van der Waals surface area contributed by atoms with Crippen molar-refractivity contribution in [1.82, 2.24) is 10.2 Å². The molecule has 1 aliphatic heterocycles. The number of carbonyl (C=O) groups excluding carboxylic acids is 3. The van der Waals surface area contributed by atoms with E-state index in [9.17, 15) is 14.4 Å². The van der Waals surface area contributed by atoms with Gasteiger partial charge in [0.1, 0.15) is 12.1 Å². The molecular formula is C21H26N4O3. The largest absolute Gasteiger partial charge is 0.325 e. The summed E-state index contributed by atoms with van der Waals surface area (Å²) in [4.78, 5) is 38.9. The number of imide groups is 1. The van der Waals surface area contributed by atoms with Gasteiger partial charge in [0.25, 0.3) is 5.91 Å². The third kappa shape index (κ3) is 4.01. The maximum Gasteiger partial charge on any atom is 0.325 e. The van der Waals surface area contributed by atoms with E-state index in [2.05, 4.69) is 37.5 Å². The second kappa shape index (κ2) is 7.27. The van der Waals surface area contributed by atoms with Crippen LogP contribution in [0.5, 0.6) is 0 Å². The van der Waals surface area contributed by atoms with E-state index >= 15 is 0 Å². The van der Waals surface area contributed by atoms with Crippen LogP contribution in [-0.2, 0) is 16.0 Å². The van der Waals surface area contributed by atoms with Crippen molar-refractivity contribution in [2.75, 3.05) is 11.9 Å². The van der Waals surface area contributed by atoms with Crippen molar-refractivity contribution in [3.05, 3.63) is 29.8 Å². The molecule has 2 aliphatic rings. The number of hydrogen-bond acceptors (Lipinski definition) is 4. The molecule has 2 N–H and O–H groups in total. The van der Waals surface area contributed by atoms with Gasteiger partial charge in [-0.1, -0.05) is 32.9 Å². The fourth-order valence-corrected chi connectivity index (χ4v) is 4.79. The first-order chi connectivity index (χ1) is 13.1. The Morgan fingerprint density at radius 2 is 1.96 bits per heavy atom. The van der Waals surface area contributed by atoms with Crippen LogP contribution < -0.4 is 10.6 Å². The second-order valence-corrected chi connectivity index (χ2v) is 8.84. The first kappa shape index (κ1) is 19.9. The minimum Gasteiger partial charge on any atom is -0.325 e. The monoisotopic (exact) mass is 382 g/mol. The SMILES string of the molecule is CC1CC(C)(C)CC2(C1)NC(=O)N(CC(=O)Nc1ccc(CC#N)cc1)C2=O. The van der Waals surface area contributed by atoms with Crippen LogP contribution in [0.25, 0.3) is 0 Å². The number of nitrogens with zero attached hydrogens (tertiary/aromatic N) is 2. The summed E-state index contributed by atoms with van der Waals surface area (Å²) < 4.78 is 0. The number of hydrogen-bond donors (Lipinski definition) is 2. The van der Waals surface area contributed by atoms with E-state index in [1.807, 2.05) is 0 Å². The summed E-state index contributed by atoms with van der Waals surface area (Å²) in [5.74, 6) is -0.429. The number of nitriles is 1. The highest BCUT2D eigenvalue weighted by Crippen LogP contribution is 2.46. The van der Waals surface area contributed by atoms with Crippen molar-refractivity contribution in [3.8, 4) is 6.07 Å². The van der Waals surface area contributed by atoms with Crippen molar-refractivity contribution >= 4 is 23.5 Å². The smallest absolute Gasteiger partial charge is 0.325 e. The maximum atomic E-state index is 13.1. The molecule has 4 amide bonds. The Balaban J connectivity index is 1.67. The van der Waals surface area contributed by atoms with Gasteiger partial charge in [0.2, 0.25) is 5.91 Å². The molecule has 2 atom stereocenters. The molecule has 1 saturated carbocycles. The molecular weight excluding hydrogens is 356 g/mol. The molecule has 148 valence electrons. The quantitative estimate of drug-likeness (QED) is 0.782. The van der Waals surface area contributed by atoms with E-state index in [-0.39, 0.29) is 17.9 Å². The zero-order chi connectivity index (χ0) is 20.5. The van der Waals surface area contributed by atoms with E-state index in [4.69, 9.17) is 5.26 Å². The van der Waals surface area contributed by atoms with E-state index < -0.39 is 17.5 Å². The first-order valence-electron chi connectivity index (χ1n) is 9.54. The minimum atomic E-state index is -0.905. The third-order valence-electron chi connectivity index (χ3n) is 5.45. The Kier molecular flexibility index (Phi) is 5.16. The van der Waals surface area contributed by atoms with Gasteiger partial charge in [-0.2, -0.15) is 5.26 Å². The predicted molar refractivity (Wildman–Crippen MR) is 104 cm³/mol. The Hall–Kier alpha value is -2.88. The maximum absolute atomic E-state index is 13.1. The van der Waals surface area contributed by atoms with Crippen molar-refractivity contribution in [1.29, 1.82) is 5.26 Å². The standard InChI is InChI=1S/C21H26N4O3/c1-14-10-20(2,3)13-21(11-14)18(27)25(19(28)24-21)12-17(26)23-16-6-4-15(5-7-16)8-9-22/h4-7,14H,8,10-13H2,1-3H3,(H,23,26)(H,24,28). The van der Waals surface area contributed by atoms with Crippen LogP contribution in [0.15, 0.2) is 24.3 Å². The van der Waals surface area contributed by atoms with Crippen LogP contribution in [0, 0.1) is 22.7 Å². The number of urea groups is 1.